The molecule has 4 heterocycles. The van der Waals surface area contributed by atoms with Crippen LogP contribution in [-0.2, 0) is 9.53 Å². The Hall–Kier alpha value is -4.16. The molecule has 4 aromatic rings. The molecule has 0 saturated carbocycles. The number of ether oxygens (including phenoxy) is 1. The first-order valence-electron chi connectivity index (χ1n) is 11.7. The Morgan fingerprint density at radius 1 is 1.32 bits per heavy atom. The lowest BCUT2D eigenvalue weighted by Crippen LogP contribution is -2.39. The molecule has 0 spiro atoms. The molecule has 0 unspecified atom stereocenters. The second kappa shape index (κ2) is 10.4. The van der Waals surface area contributed by atoms with Crippen LogP contribution in [0.3, 0.4) is 0 Å². The van der Waals surface area contributed by atoms with Gasteiger partial charge in [0, 0.05) is 35.1 Å². The van der Waals surface area contributed by atoms with Gasteiger partial charge in [-0.15, -0.1) is 0 Å². The van der Waals surface area contributed by atoms with Crippen molar-refractivity contribution in [3.05, 3.63) is 68.4 Å². The lowest BCUT2D eigenvalue weighted by atomic mass is 10.1. The van der Waals surface area contributed by atoms with E-state index in [4.69, 9.17) is 26.3 Å². The van der Waals surface area contributed by atoms with Gasteiger partial charge in [0.05, 0.1) is 25.9 Å². The summed E-state index contributed by atoms with van der Waals surface area (Å²) >= 11 is 6.15. The summed E-state index contributed by atoms with van der Waals surface area (Å²) in [5, 5.41) is 18.9. The normalized spacial score (nSPS) is 15.9. The zero-order valence-electron chi connectivity index (χ0n) is 19.9. The molecule has 13 heteroatoms. The van der Waals surface area contributed by atoms with Crippen molar-refractivity contribution >= 4 is 40.8 Å². The minimum Gasteiger partial charge on any atom is -0.493 e. The molecule has 0 radical (unpaired) electrons. The van der Waals surface area contributed by atoms with E-state index in [-0.39, 0.29) is 30.1 Å². The molecule has 0 aliphatic carbocycles. The SMILES string of the molecule is COC(=O)CN1CCC(N=c2cc(Nc3cccc(Cl)c3)nc3c(=Cc4[nH]c(=O)[nH]c4O)cnn23)CC1. The molecule has 0 amide bonds. The zero-order valence-corrected chi connectivity index (χ0v) is 20.7. The number of carbonyl (C=O) groups is 1. The highest BCUT2D eigenvalue weighted by molar-refractivity contribution is 6.30. The number of likely N-dealkylation sites (tertiary alicyclic amines) is 1. The highest BCUT2D eigenvalue weighted by Crippen LogP contribution is 2.19. The van der Waals surface area contributed by atoms with Gasteiger partial charge in [-0.3, -0.25) is 19.7 Å². The number of halogens is 1. The first kappa shape index (κ1) is 24.5. The number of H-pyrrole nitrogens is 2. The largest absolute Gasteiger partial charge is 0.493 e. The summed E-state index contributed by atoms with van der Waals surface area (Å²) in [4.78, 5) is 39.7. The Morgan fingerprint density at radius 3 is 2.84 bits per heavy atom. The summed E-state index contributed by atoms with van der Waals surface area (Å²) in [5.41, 5.74) is 1.52. The number of aromatic hydroxyl groups is 1. The molecule has 12 nitrogen and oxygen atoms in total. The molecule has 1 aliphatic heterocycles. The number of piperidine rings is 1. The van der Waals surface area contributed by atoms with Gasteiger partial charge in [0.2, 0.25) is 5.88 Å². The maximum Gasteiger partial charge on any atom is 0.326 e. The monoisotopic (exact) mass is 524 g/mol. The quantitative estimate of drug-likeness (QED) is 0.272. The standard InChI is InChI=1S/C24H25ClN8O4/c1-37-21(34)13-32-7-5-16(6-8-32)28-20-11-19(27-17-4-2-3-15(25)10-17)30-22-14(12-26-33(20)22)9-18-23(35)31-24(36)29-18/h2-4,9-12,16,27,35H,5-8,13H2,1H3,(H2,29,31,36). The molecule has 5 rings (SSSR count). The Morgan fingerprint density at radius 2 is 2.14 bits per heavy atom. The lowest BCUT2D eigenvalue weighted by molar-refractivity contribution is -0.142. The number of carbonyl (C=O) groups excluding carboxylic acids is 1. The van der Waals surface area contributed by atoms with Crippen LogP contribution >= 0.6 is 11.6 Å². The number of rotatable bonds is 6. The van der Waals surface area contributed by atoms with Crippen molar-refractivity contribution in [3.63, 3.8) is 0 Å². The van der Waals surface area contributed by atoms with Crippen molar-refractivity contribution in [2.75, 3.05) is 32.1 Å². The van der Waals surface area contributed by atoms with Crippen LogP contribution in [0.1, 0.15) is 18.5 Å². The highest BCUT2D eigenvalue weighted by Gasteiger charge is 2.21. The van der Waals surface area contributed by atoms with Gasteiger partial charge in [-0.25, -0.2) is 9.78 Å². The molecule has 192 valence electrons. The van der Waals surface area contributed by atoms with E-state index >= 15 is 0 Å². The van der Waals surface area contributed by atoms with Gasteiger partial charge in [-0.1, -0.05) is 17.7 Å². The molecule has 1 saturated heterocycles. The van der Waals surface area contributed by atoms with E-state index in [1.165, 1.54) is 7.11 Å². The third kappa shape index (κ3) is 5.65. The molecule has 3 aromatic heterocycles. The summed E-state index contributed by atoms with van der Waals surface area (Å²) in [5.74, 6) is -0.00199. The Labute approximate surface area is 215 Å². The maximum absolute atomic E-state index is 11.6. The van der Waals surface area contributed by atoms with Gasteiger partial charge in [0.25, 0.3) is 0 Å². The fourth-order valence-electron chi connectivity index (χ4n) is 4.22. The molecule has 1 aromatic carbocycles. The summed E-state index contributed by atoms with van der Waals surface area (Å²) < 4.78 is 6.39. The molecule has 1 aliphatic rings. The number of anilines is 2. The number of hydrogen-bond acceptors (Lipinski definition) is 9. The maximum atomic E-state index is 11.6. The number of hydrogen-bond donors (Lipinski definition) is 4. The number of nitrogens with zero attached hydrogens (tertiary/aromatic N) is 5. The number of benzene rings is 1. The van der Waals surface area contributed by atoms with Crippen molar-refractivity contribution in [1.29, 1.82) is 0 Å². The molecular formula is C24H25ClN8O4. The minimum atomic E-state index is -0.522. The van der Waals surface area contributed by atoms with Gasteiger partial charge >= 0.3 is 11.7 Å². The third-order valence-corrected chi connectivity index (χ3v) is 6.30. The Balaban J connectivity index is 1.54. The lowest BCUT2D eigenvalue weighted by Gasteiger charge is -2.28. The predicted octanol–water partition coefficient (Wildman–Crippen LogP) is 0.934. The van der Waals surface area contributed by atoms with Gasteiger partial charge < -0.3 is 20.1 Å². The summed E-state index contributed by atoms with van der Waals surface area (Å²) in [6.07, 6.45) is 4.72. The van der Waals surface area contributed by atoms with Gasteiger partial charge in [0.1, 0.15) is 11.5 Å². The second-order valence-electron chi connectivity index (χ2n) is 8.67. The van der Waals surface area contributed by atoms with Crippen molar-refractivity contribution in [2.24, 2.45) is 4.99 Å². The average Bonchev–Trinajstić information content (AvgIpc) is 3.42. The van der Waals surface area contributed by atoms with E-state index in [1.54, 1.807) is 35.0 Å². The van der Waals surface area contributed by atoms with E-state index in [2.05, 4.69) is 25.3 Å². The number of esters is 1. The molecule has 1 fully saturated rings. The number of aromatic amines is 2. The third-order valence-electron chi connectivity index (χ3n) is 6.06. The van der Waals surface area contributed by atoms with Crippen LogP contribution in [0.2, 0.25) is 5.02 Å². The van der Waals surface area contributed by atoms with E-state index < -0.39 is 5.69 Å². The fourth-order valence-corrected chi connectivity index (χ4v) is 4.41. The van der Waals surface area contributed by atoms with Crippen LogP contribution < -0.4 is 21.7 Å². The van der Waals surface area contributed by atoms with Crippen molar-refractivity contribution in [1.82, 2.24) is 29.5 Å². The van der Waals surface area contributed by atoms with Crippen molar-refractivity contribution < 1.29 is 14.6 Å². The topological polar surface area (TPSA) is 153 Å². The van der Waals surface area contributed by atoms with Crippen LogP contribution in [0, 0.1) is 0 Å². The summed E-state index contributed by atoms with van der Waals surface area (Å²) in [6, 6.07) is 9.11. The smallest absolute Gasteiger partial charge is 0.326 e. The van der Waals surface area contributed by atoms with Crippen LogP contribution in [0.5, 0.6) is 5.88 Å². The van der Waals surface area contributed by atoms with E-state index in [0.717, 1.165) is 31.6 Å². The molecule has 4 N–H and O–H groups in total. The second-order valence-corrected chi connectivity index (χ2v) is 9.10. The van der Waals surface area contributed by atoms with Crippen LogP contribution in [0.25, 0.3) is 11.7 Å². The van der Waals surface area contributed by atoms with Crippen molar-refractivity contribution in [2.45, 2.75) is 18.9 Å². The minimum absolute atomic E-state index is 0.0280. The van der Waals surface area contributed by atoms with Crippen LogP contribution in [-0.4, -0.2) is 73.3 Å². The van der Waals surface area contributed by atoms with E-state index in [1.807, 2.05) is 12.1 Å². The Bertz CT molecular complexity index is 1620. The van der Waals surface area contributed by atoms with Gasteiger partial charge in [0.15, 0.2) is 11.1 Å². The first-order chi connectivity index (χ1) is 17.9. The van der Waals surface area contributed by atoms with Gasteiger partial charge in [-0.05, 0) is 37.1 Å². The fraction of sp³-hybridized carbons (Fsp3) is 0.292. The molecule has 0 bridgehead atoms. The Kier molecular flexibility index (Phi) is 6.93. The van der Waals surface area contributed by atoms with E-state index in [0.29, 0.717) is 27.2 Å². The molecule has 0 atom stereocenters. The number of imidazole rings is 1. The van der Waals surface area contributed by atoms with E-state index in [9.17, 15) is 14.7 Å². The number of methoxy groups -OCH3 is 1. The first-order valence-corrected chi connectivity index (χ1v) is 12.0. The predicted molar refractivity (Wildman–Crippen MR) is 137 cm³/mol. The molecule has 37 heavy (non-hydrogen) atoms. The highest BCUT2D eigenvalue weighted by atomic mass is 35.5. The zero-order chi connectivity index (χ0) is 25.9. The van der Waals surface area contributed by atoms with Crippen molar-refractivity contribution in [3.8, 4) is 5.88 Å². The summed E-state index contributed by atoms with van der Waals surface area (Å²) in [7, 11) is 1.39. The number of fused-ring (bicyclic) bond motifs is 1. The average molecular weight is 525 g/mol. The van der Waals surface area contributed by atoms with Crippen LogP contribution in [0.4, 0.5) is 11.5 Å². The number of aromatic nitrogens is 5. The summed E-state index contributed by atoms with van der Waals surface area (Å²) in [6.45, 7) is 1.72. The van der Waals surface area contributed by atoms with Crippen LogP contribution in [0.15, 0.2) is 46.3 Å². The van der Waals surface area contributed by atoms with Gasteiger partial charge in [-0.2, -0.15) is 9.61 Å². The number of nitrogens with one attached hydrogen (secondary N) is 3. The molecular weight excluding hydrogens is 500 g/mol.